The predicted molar refractivity (Wildman–Crippen MR) is 77.0 cm³/mol. The number of rotatable bonds is 4. The van der Waals surface area contributed by atoms with Crippen molar-refractivity contribution in [2.24, 2.45) is 5.92 Å². The first-order valence-corrected chi connectivity index (χ1v) is 7.08. The van der Waals surface area contributed by atoms with Gasteiger partial charge >= 0.3 is 0 Å². The molecule has 1 unspecified atom stereocenters. The first-order chi connectivity index (χ1) is 8.63. The molecule has 1 aromatic carbocycles. The van der Waals surface area contributed by atoms with Crippen molar-refractivity contribution in [3.8, 4) is 10.6 Å². The average Bonchev–Trinajstić information content (AvgIpc) is 2.73. The van der Waals surface area contributed by atoms with Crippen molar-refractivity contribution in [2.75, 3.05) is 6.61 Å². The Morgan fingerprint density at radius 1 is 1.22 bits per heavy atom. The Bertz CT molecular complexity index is 504. The van der Waals surface area contributed by atoms with Crippen molar-refractivity contribution in [3.05, 3.63) is 40.9 Å². The smallest absolute Gasteiger partial charge is 0.123 e. The van der Waals surface area contributed by atoms with Gasteiger partial charge in [0.2, 0.25) is 0 Å². The minimum atomic E-state index is 0.189. The van der Waals surface area contributed by atoms with Crippen LogP contribution in [0.1, 0.15) is 30.3 Å². The summed E-state index contributed by atoms with van der Waals surface area (Å²) in [5.41, 5.74) is 2.20. The van der Waals surface area contributed by atoms with E-state index < -0.39 is 0 Å². The third-order valence-corrected chi connectivity index (χ3v) is 4.53. The number of aromatic nitrogens is 1. The van der Waals surface area contributed by atoms with E-state index >= 15 is 0 Å². The first kappa shape index (κ1) is 13.2. The number of aliphatic hydroxyl groups is 1. The van der Waals surface area contributed by atoms with Crippen LogP contribution in [0, 0.1) is 12.8 Å². The van der Waals surface area contributed by atoms with E-state index in [0.29, 0.717) is 5.92 Å². The van der Waals surface area contributed by atoms with Crippen molar-refractivity contribution in [3.63, 3.8) is 0 Å². The summed E-state index contributed by atoms with van der Waals surface area (Å²) in [7, 11) is 0. The van der Waals surface area contributed by atoms with Gasteiger partial charge in [-0.25, -0.2) is 4.98 Å². The summed E-state index contributed by atoms with van der Waals surface area (Å²) in [6.07, 6.45) is 0. The van der Waals surface area contributed by atoms with Crippen molar-refractivity contribution in [2.45, 2.75) is 26.7 Å². The molecule has 0 amide bonds. The van der Waals surface area contributed by atoms with Crippen molar-refractivity contribution in [1.82, 2.24) is 4.98 Å². The summed E-state index contributed by atoms with van der Waals surface area (Å²) in [4.78, 5) is 5.85. The van der Waals surface area contributed by atoms with Gasteiger partial charge in [-0.3, -0.25) is 0 Å². The van der Waals surface area contributed by atoms with Crippen LogP contribution in [-0.2, 0) is 0 Å². The summed E-state index contributed by atoms with van der Waals surface area (Å²) in [5, 5.41) is 10.6. The summed E-state index contributed by atoms with van der Waals surface area (Å²) >= 11 is 1.70. The zero-order valence-electron chi connectivity index (χ0n) is 11.1. The molecule has 0 fully saturated rings. The van der Waals surface area contributed by atoms with E-state index in [1.165, 1.54) is 4.88 Å². The summed E-state index contributed by atoms with van der Waals surface area (Å²) in [6, 6.07) is 10.2. The van der Waals surface area contributed by atoms with Crippen LogP contribution in [-0.4, -0.2) is 16.7 Å². The van der Waals surface area contributed by atoms with Gasteiger partial charge in [-0.2, -0.15) is 0 Å². The van der Waals surface area contributed by atoms with E-state index in [4.69, 9.17) is 0 Å². The van der Waals surface area contributed by atoms with Gasteiger partial charge in [0.1, 0.15) is 5.01 Å². The number of thiazole rings is 1. The highest BCUT2D eigenvalue weighted by molar-refractivity contribution is 7.15. The van der Waals surface area contributed by atoms with Gasteiger partial charge in [-0.15, -0.1) is 11.3 Å². The monoisotopic (exact) mass is 261 g/mol. The number of benzene rings is 1. The highest BCUT2D eigenvalue weighted by Gasteiger charge is 2.21. The molecule has 2 rings (SSSR count). The molecule has 18 heavy (non-hydrogen) atoms. The van der Waals surface area contributed by atoms with E-state index in [9.17, 15) is 5.11 Å². The molecule has 0 aliphatic heterocycles. The molecule has 0 spiro atoms. The van der Waals surface area contributed by atoms with Gasteiger partial charge in [-0.05, 0) is 12.8 Å². The molecule has 1 heterocycles. The molecule has 1 N–H and O–H groups in total. The lowest BCUT2D eigenvalue weighted by molar-refractivity contribution is 0.239. The normalized spacial score (nSPS) is 12.9. The Hall–Kier alpha value is -1.19. The Balaban J connectivity index is 2.38. The minimum absolute atomic E-state index is 0.189. The molecule has 0 saturated heterocycles. The maximum atomic E-state index is 9.53. The lowest BCUT2D eigenvalue weighted by atomic mass is 9.94. The molecule has 3 heteroatoms. The van der Waals surface area contributed by atoms with Gasteiger partial charge in [0.15, 0.2) is 0 Å². The second-order valence-electron chi connectivity index (χ2n) is 4.87. The Morgan fingerprint density at radius 2 is 1.89 bits per heavy atom. The van der Waals surface area contributed by atoms with Crippen LogP contribution >= 0.6 is 11.3 Å². The Labute approximate surface area is 112 Å². The second-order valence-corrected chi connectivity index (χ2v) is 5.90. The minimum Gasteiger partial charge on any atom is -0.396 e. The fourth-order valence-electron chi connectivity index (χ4n) is 2.05. The third kappa shape index (κ3) is 2.62. The van der Waals surface area contributed by atoms with Crippen LogP contribution < -0.4 is 0 Å². The van der Waals surface area contributed by atoms with Gasteiger partial charge < -0.3 is 5.11 Å². The lowest BCUT2D eigenvalue weighted by Crippen LogP contribution is -2.10. The lowest BCUT2D eigenvalue weighted by Gasteiger charge is -2.16. The summed E-state index contributed by atoms with van der Waals surface area (Å²) < 4.78 is 0. The quantitative estimate of drug-likeness (QED) is 0.906. The van der Waals surface area contributed by atoms with Crippen LogP contribution in [0.15, 0.2) is 30.3 Å². The molecule has 0 radical (unpaired) electrons. The molecule has 0 saturated carbocycles. The Kier molecular flexibility index (Phi) is 4.15. The predicted octanol–water partition coefficient (Wildman–Crippen LogP) is 3.85. The van der Waals surface area contributed by atoms with Crippen molar-refractivity contribution in [1.29, 1.82) is 0 Å². The molecular formula is C15H19NOS. The second kappa shape index (κ2) is 5.63. The van der Waals surface area contributed by atoms with E-state index in [1.54, 1.807) is 11.3 Å². The number of aryl methyl sites for hydroxylation is 1. The van der Waals surface area contributed by atoms with Gasteiger partial charge in [0, 0.05) is 16.4 Å². The number of hydrogen-bond donors (Lipinski definition) is 1. The summed E-state index contributed by atoms with van der Waals surface area (Å²) in [6.45, 7) is 6.50. The SMILES string of the molecule is Cc1nc(-c2ccccc2)sc1C(CO)C(C)C. The molecular weight excluding hydrogens is 242 g/mol. The maximum Gasteiger partial charge on any atom is 0.123 e. The number of hydrogen-bond acceptors (Lipinski definition) is 3. The topological polar surface area (TPSA) is 33.1 Å². The standard InChI is InChI=1S/C15H19NOS/c1-10(2)13(9-17)14-11(3)16-15(18-14)12-7-5-4-6-8-12/h4-8,10,13,17H,9H2,1-3H3. The first-order valence-electron chi connectivity index (χ1n) is 6.27. The highest BCUT2D eigenvalue weighted by atomic mass is 32.1. The average molecular weight is 261 g/mol. The molecule has 0 aliphatic carbocycles. The van der Waals surface area contributed by atoms with Gasteiger partial charge in [-0.1, -0.05) is 44.2 Å². The Morgan fingerprint density at radius 3 is 2.44 bits per heavy atom. The maximum absolute atomic E-state index is 9.53. The molecule has 96 valence electrons. The van der Waals surface area contributed by atoms with E-state index in [-0.39, 0.29) is 12.5 Å². The van der Waals surface area contributed by atoms with Crippen LogP contribution in [0.5, 0.6) is 0 Å². The molecule has 0 aliphatic rings. The van der Waals surface area contributed by atoms with Crippen LogP contribution in [0.25, 0.3) is 10.6 Å². The number of aliphatic hydroxyl groups excluding tert-OH is 1. The molecule has 2 aromatic rings. The summed E-state index contributed by atoms with van der Waals surface area (Å²) in [5.74, 6) is 0.623. The van der Waals surface area contributed by atoms with Gasteiger partial charge in [0.05, 0.1) is 12.3 Å². The van der Waals surface area contributed by atoms with Crippen LogP contribution in [0.2, 0.25) is 0 Å². The van der Waals surface area contributed by atoms with Crippen LogP contribution in [0.3, 0.4) is 0 Å². The van der Waals surface area contributed by atoms with Crippen molar-refractivity contribution >= 4 is 11.3 Å². The molecule has 0 bridgehead atoms. The van der Waals surface area contributed by atoms with Crippen molar-refractivity contribution < 1.29 is 5.11 Å². The zero-order valence-corrected chi connectivity index (χ0v) is 11.9. The zero-order chi connectivity index (χ0) is 13.1. The molecule has 1 atom stereocenters. The molecule has 1 aromatic heterocycles. The molecule has 2 nitrogen and oxygen atoms in total. The number of nitrogens with zero attached hydrogens (tertiary/aromatic N) is 1. The van der Waals surface area contributed by atoms with E-state index in [0.717, 1.165) is 16.3 Å². The fraction of sp³-hybridized carbons (Fsp3) is 0.400. The van der Waals surface area contributed by atoms with E-state index in [2.05, 4.69) is 31.0 Å². The van der Waals surface area contributed by atoms with Gasteiger partial charge in [0.25, 0.3) is 0 Å². The fourth-order valence-corrected chi connectivity index (χ4v) is 3.39. The van der Waals surface area contributed by atoms with Crippen LogP contribution in [0.4, 0.5) is 0 Å². The largest absolute Gasteiger partial charge is 0.396 e. The highest BCUT2D eigenvalue weighted by Crippen LogP contribution is 2.35. The third-order valence-electron chi connectivity index (χ3n) is 3.19. The van der Waals surface area contributed by atoms with E-state index in [1.807, 2.05) is 25.1 Å².